The van der Waals surface area contributed by atoms with Crippen molar-refractivity contribution in [1.82, 2.24) is 5.32 Å². The SMILES string of the molecule is CCc1ccc(NC(=S)NCCCc2ccc(OC(C)C)cc2)cc1. The van der Waals surface area contributed by atoms with E-state index < -0.39 is 0 Å². The molecular formula is C21H28N2OS. The molecule has 0 spiro atoms. The molecule has 0 heterocycles. The molecule has 0 saturated carbocycles. The summed E-state index contributed by atoms with van der Waals surface area (Å²) < 4.78 is 5.66. The predicted octanol–water partition coefficient (Wildman–Crippen LogP) is 4.96. The van der Waals surface area contributed by atoms with Crippen molar-refractivity contribution < 1.29 is 4.74 Å². The minimum absolute atomic E-state index is 0.210. The Morgan fingerprint density at radius 3 is 2.24 bits per heavy atom. The first-order valence-corrected chi connectivity index (χ1v) is 9.37. The monoisotopic (exact) mass is 356 g/mol. The summed E-state index contributed by atoms with van der Waals surface area (Å²) in [5.74, 6) is 0.927. The van der Waals surface area contributed by atoms with Gasteiger partial charge in [-0.15, -0.1) is 0 Å². The molecule has 0 unspecified atom stereocenters. The minimum Gasteiger partial charge on any atom is -0.491 e. The fourth-order valence-corrected chi connectivity index (χ4v) is 2.72. The lowest BCUT2D eigenvalue weighted by atomic mass is 10.1. The molecule has 0 atom stereocenters. The molecule has 0 aliphatic carbocycles. The van der Waals surface area contributed by atoms with Crippen LogP contribution in [0, 0.1) is 0 Å². The largest absolute Gasteiger partial charge is 0.491 e. The van der Waals surface area contributed by atoms with Gasteiger partial charge >= 0.3 is 0 Å². The molecular weight excluding hydrogens is 328 g/mol. The Morgan fingerprint density at radius 1 is 1.00 bits per heavy atom. The van der Waals surface area contributed by atoms with Crippen LogP contribution in [0.1, 0.15) is 38.3 Å². The zero-order chi connectivity index (χ0) is 18.1. The third-order valence-corrected chi connectivity index (χ3v) is 4.09. The molecule has 2 N–H and O–H groups in total. The number of hydrogen-bond acceptors (Lipinski definition) is 2. The highest BCUT2D eigenvalue weighted by molar-refractivity contribution is 7.80. The highest BCUT2D eigenvalue weighted by atomic mass is 32.1. The van der Waals surface area contributed by atoms with Gasteiger partial charge in [0.15, 0.2) is 5.11 Å². The van der Waals surface area contributed by atoms with Gasteiger partial charge in [-0.2, -0.15) is 0 Å². The van der Waals surface area contributed by atoms with Crippen molar-refractivity contribution in [3.8, 4) is 5.75 Å². The van der Waals surface area contributed by atoms with Gasteiger partial charge in [0.1, 0.15) is 5.75 Å². The lowest BCUT2D eigenvalue weighted by Gasteiger charge is -2.12. The number of thiocarbonyl (C=S) groups is 1. The molecule has 134 valence electrons. The molecule has 0 aliphatic rings. The second-order valence-electron chi connectivity index (χ2n) is 6.35. The van der Waals surface area contributed by atoms with Gasteiger partial charge in [-0.1, -0.05) is 31.2 Å². The van der Waals surface area contributed by atoms with Crippen molar-refractivity contribution in [1.29, 1.82) is 0 Å². The van der Waals surface area contributed by atoms with Crippen LogP contribution in [0.3, 0.4) is 0 Å². The maximum Gasteiger partial charge on any atom is 0.170 e. The maximum absolute atomic E-state index is 5.66. The van der Waals surface area contributed by atoms with Crippen molar-refractivity contribution in [2.75, 3.05) is 11.9 Å². The van der Waals surface area contributed by atoms with Crippen LogP contribution in [0.5, 0.6) is 5.75 Å². The van der Waals surface area contributed by atoms with E-state index in [1.54, 1.807) is 0 Å². The van der Waals surface area contributed by atoms with E-state index >= 15 is 0 Å². The number of anilines is 1. The first-order chi connectivity index (χ1) is 12.1. The number of hydrogen-bond donors (Lipinski definition) is 2. The van der Waals surface area contributed by atoms with Crippen molar-refractivity contribution in [3.63, 3.8) is 0 Å². The molecule has 0 aliphatic heterocycles. The van der Waals surface area contributed by atoms with E-state index in [0.29, 0.717) is 5.11 Å². The Hall–Kier alpha value is -2.07. The first-order valence-electron chi connectivity index (χ1n) is 8.96. The van der Waals surface area contributed by atoms with E-state index in [0.717, 1.165) is 37.2 Å². The molecule has 0 radical (unpaired) electrons. The molecule has 2 rings (SSSR count). The number of aryl methyl sites for hydroxylation is 2. The molecule has 0 aromatic heterocycles. The fourth-order valence-electron chi connectivity index (χ4n) is 2.50. The fraction of sp³-hybridized carbons (Fsp3) is 0.381. The molecule has 0 amide bonds. The summed E-state index contributed by atoms with van der Waals surface area (Å²) in [6, 6.07) is 16.7. The summed E-state index contributed by atoms with van der Waals surface area (Å²) in [4.78, 5) is 0. The number of benzene rings is 2. The van der Waals surface area contributed by atoms with E-state index in [2.05, 4.69) is 54.0 Å². The van der Waals surface area contributed by atoms with Crippen LogP contribution >= 0.6 is 12.2 Å². The molecule has 0 saturated heterocycles. The maximum atomic E-state index is 5.66. The highest BCUT2D eigenvalue weighted by Crippen LogP contribution is 2.14. The summed E-state index contributed by atoms with van der Waals surface area (Å²) in [5.41, 5.74) is 3.66. The second-order valence-corrected chi connectivity index (χ2v) is 6.75. The molecule has 3 nitrogen and oxygen atoms in total. The molecule has 2 aromatic rings. The number of rotatable bonds is 8. The van der Waals surface area contributed by atoms with E-state index in [1.165, 1.54) is 11.1 Å². The van der Waals surface area contributed by atoms with Gasteiger partial charge in [-0.3, -0.25) is 0 Å². The van der Waals surface area contributed by atoms with Crippen LogP contribution in [-0.4, -0.2) is 17.8 Å². The van der Waals surface area contributed by atoms with Crippen molar-refractivity contribution in [2.45, 2.75) is 46.1 Å². The zero-order valence-corrected chi connectivity index (χ0v) is 16.2. The topological polar surface area (TPSA) is 33.3 Å². The first kappa shape index (κ1) is 19.3. The quantitative estimate of drug-likeness (QED) is 0.518. The Bertz CT molecular complexity index is 651. The van der Waals surface area contributed by atoms with Crippen LogP contribution in [0.25, 0.3) is 0 Å². The lowest BCUT2D eigenvalue weighted by Crippen LogP contribution is -2.29. The van der Waals surface area contributed by atoms with Gasteiger partial charge in [-0.05, 0) is 80.7 Å². The zero-order valence-electron chi connectivity index (χ0n) is 15.3. The third-order valence-electron chi connectivity index (χ3n) is 3.84. The van der Waals surface area contributed by atoms with Crippen molar-refractivity contribution in [3.05, 3.63) is 59.7 Å². The van der Waals surface area contributed by atoms with Gasteiger partial charge in [0.05, 0.1) is 6.10 Å². The van der Waals surface area contributed by atoms with Crippen LogP contribution in [0.2, 0.25) is 0 Å². The normalized spacial score (nSPS) is 10.6. The van der Waals surface area contributed by atoms with Gasteiger partial charge in [0.2, 0.25) is 0 Å². The van der Waals surface area contributed by atoms with Crippen LogP contribution in [0.4, 0.5) is 5.69 Å². The molecule has 4 heteroatoms. The van der Waals surface area contributed by atoms with Crippen molar-refractivity contribution >= 4 is 23.0 Å². The van der Waals surface area contributed by atoms with Crippen LogP contribution in [-0.2, 0) is 12.8 Å². The average molecular weight is 357 g/mol. The summed E-state index contributed by atoms with van der Waals surface area (Å²) in [5, 5.41) is 7.16. The molecule has 0 fully saturated rings. The summed E-state index contributed by atoms with van der Waals surface area (Å²) >= 11 is 5.35. The molecule has 25 heavy (non-hydrogen) atoms. The van der Waals surface area contributed by atoms with Crippen LogP contribution in [0.15, 0.2) is 48.5 Å². The standard InChI is InChI=1S/C21H28N2OS/c1-4-17-7-11-19(12-8-17)23-21(25)22-15-5-6-18-9-13-20(14-10-18)24-16(2)3/h7-14,16H,4-6,15H2,1-3H3,(H2,22,23,25). The van der Waals surface area contributed by atoms with E-state index in [1.807, 2.05) is 26.0 Å². The lowest BCUT2D eigenvalue weighted by molar-refractivity contribution is 0.242. The summed E-state index contributed by atoms with van der Waals surface area (Å²) in [7, 11) is 0. The summed E-state index contributed by atoms with van der Waals surface area (Å²) in [6.45, 7) is 7.08. The molecule has 2 aromatic carbocycles. The Kier molecular flexibility index (Phi) is 7.74. The second kappa shape index (κ2) is 10.0. The molecule has 0 bridgehead atoms. The highest BCUT2D eigenvalue weighted by Gasteiger charge is 2.00. The minimum atomic E-state index is 0.210. The van der Waals surface area contributed by atoms with E-state index in [9.17, 15) is 0 Å². The number of ether oxygens (including phenoxy) is 1. The number of nitrogens with one attached hydrogen (secondary N) is 2. The van der Waals surface area contributed by atoms with Gasteiger partial charge in [-0.25, -0.2) is 0 Å². The van der Waals surface area contributed by atoms with E-state index in [-0.39, 0.29) is 6.10 Å². The Morgan fingerprint density at radius 2 is 1.64 bits per heavy atom. The van der Waals surface area contributed by atoms with Crippen LogP contribution < -0.4 is 15.4 Å². The van der Waals surface area contributed by atoms with Gasteiger partial charge in [0, 0.05) is 12.2 Å². The Labute approximate surface area is 156 Å². The van der Waals surface area contributed by atoms with Gasteiger partial charge in [0.25, 0.3) is 0 Å². The average Bonchev–Trinajstić information content (AvgIpc) is 2.60. The Balaban J connectivity index is 1.67. The van der Waals surface area contributed by atoms with E-state index in [4.69, 9.17) is 17.0 Å². The smallest absolute Gasteiger partial charge is 0.170 e. The third kappa shape index (κ3) is 7.14. The summed E-state index contributed by atoms with van der Waals surface area (Å²) in [6.07, 6.45) is 3.30. The predicted molar refractivity (Wildman–Crippen MR) is 111 cm³/mol. The van der Waals surface area contributed by atoms with Gasteiger partial charge < -0.3 is 15.4 Å². The van der Waals surface area contributed by atoms with Crippen molar-refractivity contribution in [2.24, 2.45) is 0 Å².